The number of rotatable bonds is 7. The molecule has 0 aliphatic heterocycles. The first-order chi connectivity index (χ1) is 6.20. The van der Waals surface area contributed by atoms with Crippen LogP contribution in [0.5, 0.6) is 0 Å². The Bertz CT molecular complexity index is 140. The van der Waals surface area contributed by atoms with Gasteiger partial charge in [0.15, 0.2) is 0 Å². The quantitative estimate of drug-likeness (QED) is 0.488. The summed E-state index contributed by atoms with van der Waals surface area (Å²) in [7, 11) is 0. The molecule has 13 heavy (non-hydrogen) atoms. The second-order valence-corrected chi connectivity index (χ2v) is 3.09. The van der Waals surface area contributed by atoms with Crippen molar-refractivity contribution in [1.82, 2.24) is 10.6 Å². The summed E-state index contributed by atoms with van der Waals surface area (Å²) in [6, 6.07) is 0.221. The van der Waals surface area contributed by atoms with Crippen molar-refractivity contribution in [2.24, 2.45) is 0 Å². The van der Waals surface area contributed by atoms with Gasteiger partial charge in [0.2, 0.25) is 5.91 Å². The molecule has 4 nitrogen and oxygen atoms in total. The zero-order valence-electron chi connectivity index (χ0n) is 8.47. The number of aliphatic hydroxyl groups excluding tert-OH is 1. The number of carbonyl (C=O) groups is 1. The van der Waals surface area contributed by atoms with Gasteiger partial charge in [-0.25, -0.2) is 0 Å². The molecule has 0 radical (unpaired) electrons. The molecule has 0 rings (SSSR count). The molecule has 3 N–H and O–H groups in total. The minimum Gasteiger partial charge on any atom is -0.396 e. The molecule has 0 saturated carbocycles. The third-order valence-electron chi connectivity index (χ3n) is 1.70. The summed E-state index contributed by atoms with van der Waals surface area (Å²) in [5.41, 5.74) is 0. The molecule has 1 unspecified atom stereocenters. The molecule has 0 heterocycles. The zero-order chi connectivity index (χ0) is 10.1. The van der Waals surface area contributed by atoms with E-state index in [1.807, 2.05) is 13.8 Å². The molecule has 0 fully saturated rings. The molecule has 4 heteroatoms. The molecule has 78 valence electrons. The third kappa shape index (κ3) is 7.74. The van der Waals surface area contributed by atoms with Crippen molar-refractivity contribution in [3.8, 4) is 0 Å². The standard InChI is InChI=1S/C9H20N2O2/c1-3-10-8(2)7-9(13)11-5-4-6-12/h8,10,12H,3-7H2,1-2H3,(H,11,13). The van der Waals surface area contributed by atoms with Gasteiger partial charge in [-0.3, -0.25) is 4.79 Å². The Balaban J connectivity index is 3.38. The van der Waals surface area contributed by atoms with Crippen molar-refractivity contribution in [3.63, 3.8) is 0 Å². The molecule has 0 saturated heterocycles. The summed E-state index contributed by atoms with van der Waals surface area (Å²) in [5, 5.41) is 14.4. The summed E-state index contributed by atoms with van der Waals surface area (Å²) in [6.07, 6.45) is 1.13. The molecular formula is C9H20N2O2. The fourth-order valence-electron chi connectivity index (χ4n) is 1.08. The average molecular weight is 188 g/mol. The van der Waals surface area contributed by atoms with Crippen LogP contribution < -0.4 is 10.6 Å². The van der Waals surface area contributed by atoms with Crippen molar-refractivity contribution in [2.75, 3.05) is 19.7 Å². The topological polar surface area (TPSA) is 61.4 Å². The van der Waals surface area contributed by atoms with E-state index in [0.29, 0.717) is 19.4 Å². The fourth-order valence-corrected chi connectivity index (χ4v) is 1.08. The Hall–Kier alpha value is -0.610. The Morgan fingerprint density at radius 2 is 2.23 bits per heavy atom. The van der Waals surface area contributed by atoms with E-state index in [-0.39, 0.29) is 18.6 Å². The lowest BCUT2D eigenvalue weighted by molar-refractivity contribution is -0.121. The third-order valence-corrected chi connectivity index (χ3v) is 1.70. The van der Waals surface area contributed by atoms with Crippen LogP contribution in [0.1, 0.15) is 26.7 Å². The number of nitrogens with one attached hydrogen (secondary N) is 2. The monoisotopic (exact) mass is 188 g/mol. The van der Waals surface area contributed by atoms with Crippen LogP contribution in [0.4, 0.5) is 0 Å². The van der Waals surface area contributed by atoms with E-state index in [9.17, 15) is 4.79 Å². The highest BCUT2D eigenvalue weighted by Crippen LogP contribution is 1.89. The van der Waals surface area contributed by atoms with Crippen LogP contribution >= 0.6 is 0 Å². The maximum Gasteiger partial charge on any atom is 0.221 e. The van der Waals surface area contributed by atoms with E-state index in [4.69, 9.17) is 5.11 Å². The molecule has 1 atom stereocenters. The molecule has 1 amide bonds. The first-order valence-electron chi connectivity index (χ1n) is 4.81. The second kappa shape index (κ2) is 8.01. The molecule has 0 spiro atoms. The van der Waals surface area contributed by atoms with E-state index in [1.165, 1.54) is 0 Å². The van der Waals surface area contributed by atoms with Crippen molar-refractivity contribution in [2.45, 2.75) is 32.7 Å². The first-order valence-corrected chi connectivity index (χ1v) is 4.81. The predicted octanol–water partition coefficient (Wildman–Crippen LogP) is -0.127. The van der Waals surface area contributed by atoms with E-state index in [2.05, 4.69) is 10.6 Å². The predicted molar refractivity (Wildman–Crippen MR) is 52.5 cm³/mol. The van der Waals surface area contributed by atoms with Gasteiger partial charge in [0.25, 0.3) is 0 Å². The molecule has 0 aromatic heterocycles. The number of aliphatic hydroxyl groups is 1. The van der Waals surface area contributed by atoms with Crippen LogP contribution in [-0.2, 0) is 4.79 Å². The summed E-state index contributed by atoms with van der Waals surface area (Å²) in [5.74, 6) is 0.0434. The summed E-state index contributed by atoms with van der Waals surface area (Å²) in [4.78, 5) is 11.2. The minimum atomic E-state index is 0.0434. The first kappa shape index (κ1) is 12.4. The normalized spacial score (nSPS) is 12.5. The van der Waals surface area contributed by atoms with Gasteiger partial charge in [0.05, 0.1) is 0 Å². The van der Waals surface area contributed by atoms with Crippen molar-refractivity contribution in [1.29, 1.82) is 0 Å². The largest absolute Gasteiger partial charge is 0.396 e. The van der Waals surface area contributed by atoms with E-state index < -0.39 is 0 Å². The summed E-state index contributed by atoms with van der Waals surface area (Å²) < 4.78 is 0. The van der Waals surface area contributed by atoms with Gasteiger partial charge >= 0.3 is 0 Å². The van der Waals surface area contributed by atoms with Crippen molar-refractivity contribution < 1.29 is 9.90 Å². The van der Waals surface area contributed by atoms with Gasteiger partial charge in [-0.05, 0) is 19.9 Å². The lowest BCUT2D eigenvalue weighted by Crippen LogP contribution is -2.34. The highest BCUT2D eigenvalue weighted by molar-refractivity contribution is 5.76. The van der Waals surface area contributed by atoms with Gasteiger partial charge in [-0.1, -0.05) is 6.92 Å². The molecular weight excluding hydrogens is 168 g/mol. The van der Waals surface area contributed by atoms with Gasteiger partial charge in [-0.2, -0.15) is 0 Å². The fraction of sp³-hybridized carbons (Fsp3) is 0.889. The zero-order valence-corrected chi connectivity index (χ0v) is 8.47. The van der Waals surface area contributed by atoms with Crippen LogP contribution in [0, 0.1) is 0 Å². The summed E-state index contributed by atoms with van der Waals surface area (Å²) in [6.45, 7) is 5.57. The number of carbonyl (C=O) groups excluding carboxylic acids is 1. The molecule has 0 aliphatic carbocycles. The van der Waals surface area contributed by atoms with Crippen molar-refractivity contribution >= 4 is 5.91 Å². The highest BCUT2D eigenvalue weighted by Gasteiger charge is 2.06. The highest BCUT2D eigenvalue weighted by atomic mass is 16.3. The SMILES string of the molecule is CCNC(C)CC(=O)NCCCO. The Morgan fingerprint density at radius 3 is 2.77 bits per heavy atom. The van der Waals surface area contributed by atoms with E-state index in [0.717, 1.165) is 6.54 Å². The Labute approximate surface area is 79.7 Å². The van der Waals surface area contributed by atoms with Crippen molar-refractivity contribution in [3.05, 3.63) is 0 Å². The van der Waals surface area contributed by atoms with E-state index >= 15 is 0 Å². The van der Waals surface area contributed by atoms with Gasteiger partial charge in [-0.15, -0.1) is 0 Å². The van der Waals surface area contributed by atoms with E-state index in [1.54, 1.807) is 0 Å². The second-order valence-electron chi connectivity index (χ2n) is 3.09. The lowest BCUT2D eigenvalue weighted by atomic mass is 10.2. The van der Waals surface area contributed by atoms with Gasteiger partial charge < -0.3 is 15.7 Å². The smallest absolute Gasteiger partial charge is 0.221 e. The molecule has 0 aromatic carbocycles. The number of hydrogen-bond donors (Lipinski definition) is 3. The average Bonchev–Trinajstić information content (AvgIpc) is 2.05. The minimum absolute atomic E-state index is 0.0434. The Morgan fingerprint density at radius 1 is 1.54 bits per heavy atom. The maximum absolute atomic E-state index is 11.2. The number of hydrogen-bond acceptors (Lipinski definition) is 3. The Kier molecular flexibility index (Phi) is 7.63. The lowest BCUT2D eigenvalue weighted by Gasteiger charge is -2.11. The van der Waals surface area contributed by atoms with Crippen LogP contribution in [-0.4, -0.2) is 36.8 Å². The van der Waals surface area contributed by atoms with Crippen LogP contribution in [0.3, 0.4) is 0 Å². The van der Waals surface area contributed by atoms with Gasteiger partial charge in [0.1, 0.15) is 0 Å². The number of amides is 1. The van der Waals surface area contributed by atoms with Crippen LogP contribution in [0.2, 0.25) is 0 Å². The van der Waals surface area contributed by atoms with Crippen LogP contribution in [0.25, 0.3) is 0 Å². The molecule has 0 aromatic rings. The van der Waals surface area contributed by atoms with Crippen LogP contribution in [0.15, 0.2) is 0 Å². The summed E-state index contributed by atoms with van der Waals surface area (Å²) >= 11 is 0. The maximum atomic E-state index is 11.2. The molecule has 0 aliphatic rings. The molecule has 0 bridgehead atoms. The van der Waals surface area contributed by atoms with Gasteiger partial charge in [0, 0.05) is 25.6 Å².